The number of carbonyl (C=O) groups excluding carboxylic acids is 1. The number of hydrogen-bond acceptors (Lipinski definition) is 6. The van der Waals surface area contributed by atoms with Crippen molar-refractivity contribution in [1.29, 1.82) is 5.26 Å². The Balaban J connectivity index is 2.24. The van der Waals surface area contributed by atoms with Gasteiger partial charge in [-0.05, 0) is 19.8 Å². The number of piperidine rings is 1. The molecule has 1 amide bonds. The second-order valence-electron chi connectivity index (χ2n) is 4.86. The molecule has 0 aliphatic carbocycles. The van der Waals surface area contributed by atoms with E-state index in [0.29, 0.717) is 10.4 Å². The van der Waals surface area contributed by atoms with Crippen LogP contribution in [0, 0.1) is 11.3 Å². The van der Waals surface area contributed by atoms with Gasteiger partial charge in [0.1, 0.15) is 15.9 Å². The first kappa shape index (κ1) is 15.6. The molecule has 2 rings (SSSR count). The first-order valence-corrected chi connectivity index (χ1v) is 7.85. The maximum atomic E-state index is 12.0. The molecule has 1 aromatic heterocycles. The van der Waals surface area contributed by atoms with Crippen LogP contribution in [0.4, 0.5) is 10.7 Å². The number of nitrogens with one attached hydrogen (secondary N) is 1. The molecule has 1 aromatic rings. The average molecular weight is 308 g/mol. The van der Waals surface area contributed by atoms with E-state index >= 15 is 0 Å². The standard InChI is InChI=1S/C14H20N4O2S/c1-3-20-9-4-6-18(7-5-9)14-11(13(19)17-2)12(16)10(8-15)21-14/h9H,3-7,16H2,1-2H3,(H,17,19). The number of nitriles is 1. The fourth-order valence-corrected chi connectivity index (χ4v) is 3.61. The highest BCUT2D eigenvalue weighted by molar-refractivity contribution is 7.17. The number of hydrogen-bond donors (Lipinski definition) is 2. The molecule has 0 unspecified atom stereocenters. The van der Waals surface area contributed by atoms with Crippen LogP contribution in [0.3, 0.4) is 0 Å². The lowest BCUT2D eigenvalue weighted by Gasteiger charge is -2.32. The lowest BCUT2D eigenvalue weighted by Crippen LogP contribution is -2.37. The first-order chi connectivity index (χ1) is 10.1. The van der Waals surface area contributed by atoms with Gasteiger partial charge in [-0.1, -0.05) is 0 Å². The highest BCUT2D eigenvalue weighted by Crippen LogP contribution is 2.39. The summed E-state index contributed by atoms with van der Waals surface area (Å²) in [6, 6.07) is 2.07. The topological polar surface area (TPSA) is 91.4 Å². The predicted octanol–water partition coefficient (Wildman–Crippen LogP) is 1.57. The Morgan fingerprint density at radius 1 is 1.57 bits per heavy atom. The SMILES string of the molecule is CCOC1CCN(c2sc(C#N)c(N)c2C(=O)NC)CC1. The highest BCUT2D eigenvalue weighted by Gasteiger charge is 2.28. The van der Waals surface area contributed by atoms with Crippen molar-refractivity contribution in [3.05, 3.63) is 10.4 Å². The van der Waals surface area contributed by atoms with Gasteiger partial charge in [-0.15, -0.1) is 11.3 Å². The summed E-state index contributed by atoms with van der Waals surface area (Å²) in [5, 5.41) is 12.5. The molecule has 1 aliphatic heterocycles. The van der Waals surface area contributed by atoms with E-state index in [2.05, 4.69) is 16.3 Å². The quantitative estimate of drug-likeness (QED) is 0.881. The summed E-state index contributed by atoms with van der Waals surface area (Å²) >= 11 is 1.29. The van der Waals surface area contributed by atoms with Gasteiger partial charge < -0.3 is 20.7 Å². The van der Waals surface area contributed by atoms with Gasteiger partial charge in [0.15, 0.2) is 0 Å². The Hall–Kier alpha value is -1.78. The van der Waals surface area contributed by atoms with Crippen molar-refractivity contribution in [3.63, 3.8) is 0 Å². The van der Waals surface area contributed by atoms with Gasteiger partial charge in [0, 0.05) is 26.7 Å². The van der Waals surface area contributed by atoms with Crippen molar-refractivity contribution in [1.82, 2.24) is 5.32 Å². The van der Waals surface area contributed by atoms with Gasteiger partial charge in [-0.25, -0.2) is 0 Å². The minimum Gasteiger partial charge on any atom is -0.396 e. The second-order valence-corrected chi connectivity index (χ2v) is 5.86. The van der Waals surface area contributed by atoms with Crippen LogP contribution < -0.4 is 16.0 Å². The van der Waals surface area contributed by atoms with E-state index in [0.717, 1.165) is 37.5 Å². The molecule has 0 spiro atoms. The first-order valence-electron chi connectivity index (χ1n) is 7.03. The van der Waals surface area contributed by atoms with E-state index in [4.69, 9.17) is 15.7 Å². The molecule has 0 radical (unpaired) electrons. The summed E-state index contributed by atoms with van der Waals surface area (Å²) in [6.45, 7) is 4.33. The number of nitrogen functional groups attached to an aromatic ring is 1. The van der Waals surface area contributed by atoms with Crippen molar-refractivity contribution in [2.75, 3.05) is 37.4 Å². The molecular formula is C14H20N4O2S. The van der Waals surface area contributed by atoms with E-state index in [1.807, 2.05) is 6.92 Å². The number of ether oxygens (including phenoxy) is 1. The van der Waals surface area contributed by atoms with Gasteiger partial charge in [0.25, 0.3) is 5.91 Å². The number of rotatable bonds is 4. The molecule has 1 saturated heterocycles. The van der Waals surface area contributed by atoms with Gasteiger partial charge in [0.05, 0.1) is 17.4 Å². The maximum Gasteiger partial charge on any atom is 0.256 e. The monoisotopic (exact) mass is 308 g/mol. The van der Waals surface area contributed by atoms with Gasteiger partial charge in [-0.3, -0.25) is 4.79 Å². The molecule has 0 aromatic carbocycles. The third-order valence-electron chi connectivity index (χ3n) is 3.61. The molecule has 1 fully saturated rings. The molecule has 0 atom stereocenters. The normalized spacial score (nSPS) is 15.8. The smallest absolute Gasteiger partial charge is 0.256 e. The molecule has 7 heteroatoms. The molecule has 6 nitrogen and oxygen atoms in total. The van der Waals surface area contributed by atoms with E-state index in [1.165, 1.54) is 11.3 Å². The zero-order valence-corrected chi connectivity index (χ0v) is 13.1. The fraction of sp³-hybridized carbons (Fsp3) is 0.571. The van der Waals surface area contributed by atoms with Crippen LogP contribution in [-0.4, -0.2) is 38.8 Å². The van der Waals surface area contributed by atoms with Gasteiger partial charge in [-0.2, -0.15) is 5.26 Å². The number of nitrogens with zero attached hydrogens (tertiary/aromatic N) is 2. The Kier molecular flexibility index (Phi) is 5.04. The molecule has 114 valence electrons. The number of amides is 1. The van der Waals surface area contributed by atoms with Crippen molar-refractivity contribution < 1.29 is 9.53 Å². The summed E-state index contributed by atoms with van der Waals surface area (Å²) in [5.74, 6) is -0.243. The number of carbonyl (C=O) groups is 1. The van der Waals surface area contributed by atoms with E-state index in [-0.39, 0.29) is 17.7 Å². The van der Waals surface area contributed by atoms with Crippen molar-refractivity contribution in [3.8, 4) is 6.07 Å². The zero-order chi connectivity index (χ0) is 15.4. The third kappa shape index (κ3) is 3.12. The summed E-state index contributed by atoms with van der Waals surface area (Å²) in [5.41, 5.74) is 6.65. The highest BCUT2D eigenvalue weighted by atomic mass is 32.1. The predicted molar refractivity (Wildman–Crippen MR) is 83.7 cm³/mol. The van der Waals surface area contributed by atoms with Crippen LogP contribution in [0.15, 0.2) is 0 Å². The van der Waals surface area contributed by atoms with E-state index in [1.54, 1.807) is 7.05 Å². The molecular weight excluding hydrogens is 288 g/mol. The van der Waals surface area contributed by atoms with Crippen molar-refractivity contribution in [2.24, 2.45) is 0 Å². The average Bonchev–Trinajstić information content (AvgIpc) is 2.84. The number of anilines is 2. The minimum absolute atomic E-state index is 0.243. The van der Waals surface area contributed by atoms with Crippen LogP contribution in [0.1, 0.15) is 35.0 Å². The lowest BCUT2D eigenvalue weighted by molar-refractivity contribution is 0.0460. The summed E-state index contributed by atoms with van der Waals surface area (Å²) in [6.07, 6.45) is 2.11. The van der Waals surface area contributed by atoms with E-state index < -0.39 is 0 Å². The minimum atomic E-state index is -0.243. The van der Waals surface area contributed by atoms with Crippen LogP contribution in [0.25, 0.3) is 0 Å². The summed E-state index contributed by atoms with van der Waals surface area (Å²) in [7, 11) is 1.57. The van der Waals surface area contributed by atoms with Crippen LogP contribution in [-0.2, 0) is 4.74 Å². The zero-order valence-electron chi connectivity index (χ0n) is 12.3. The number of thiophene rings is 1. The van der Waals surface area contributed by atoms with Gasteiger partial charge >= 0.3 is 0 Å². The van der Waals surface area contributed by atoms with Crippen molar-refractivity contribution >= 4 is 27.9 Å². The Morgan fingerprint density at radius 3 is 2.76 bits per heavy atom. The maximum absolute atomic E-state index is 12.0. The third-order valence-corrected chi connectivity index (χ3v) is 4.78. The molecule has 21 heavy (non-hydrogen) atoms. The number of nitrogens with two attached hydrogens (primary N) is 1. The molecule has 2 heterocycles. The van der Waals surface area contributed by atoms with Crippen LogP contribution >= 0.6 is 11.3 Å². The molecule has 1 aliphatic rings. The largest absolute Gasteiger partial charge is 0.396 e. The Morgan fingerprint density at radius 2 is 2.24 bits per heavy atom. The Bertz CT molecular complexity index is 556. The molecule has 0 saturated carbocycles. The fourth-order valence-electron chi connectivity index (χ4n) is 2.54. The molecule has 3 N–H and O–H groups in total. The molecule has 0 bridgehead atoms. The summed E-state index contributed by atoms with van der Waals surface area (Å²) in [4.78, 5) is 14.6. The second kappa shape index (κ2) is 6.78. The van der Waals surface area contributed by atoms with Crippen LogP contribution in [0.2, 0.25) is 0 Å². The van der Waals surface area contributed by atoms with E-state index in [9.17, 15) is 4.79 Å². The summed E-state index contributed by atoms with van der Waals surface area (Å²) < 4.78 is 5.64. The van der Waals surface area contributed by atoms with Crippen molar-refractivity contribution in [2.45, 2.75) is 25.9 Å². The Labute approximate surface area is 128 Å². The van der Waals surface area contributed by atoms with Crippen LogP contribution in [0.5, 0.6) is 0 Å². The lowest BCUT2D eigenvalue weighted by atomic mass is 10.1. The van der Waals surface area contributed by atoms with Gasteiger partial charge in [0.2, 0.25) is 0 Å².